The van der Waals surface area contributed by atoms with Crippen LogP contribution < -0.4 is 5.56 Å². The summed E-state index contributed by atoms with van der Waals surface area (Å²) in [5, 5.41) is 5.51. The predicted molar refractivity (Wildman–Crippen MR) is 92.6 cm³/mol. The Morgan fingerprint density at radius 2 is 1.92 bits per heavy atom. The molecule has 0 saturated carbocycles. The third kappa shape index (κ3) is 2.27. The van der Waals surface area contributed by atoms with Gasteiger partial charge in [0, 0.05) is 11.2 Å². The lowest BCUT2D eigenvalue weighted by Gasteiger charge is -2.10. The number of fused-ring (bicyclic) bond motifs is 3. The van der Waals surface area contributed by atoms with Crippen molar-refractivity contribution in [2.24, 2.45) is 0 Å². The number of nitrogens with zero attached hydrogens (tertiary/aromatic N) is 5. The Morgan fingerprint density at radius 3 is 2.71 bits per heavy atom. The van der Waals surface area contributed by atoms with Crippen molar-refractivity contribution in [2.75, 3.05) is 0 Å². The van der Waals surface area contributed by atoms with Crippen LogP contribution in [-0.2, 0) is 6.54 Å². The van der Waals surface area contributed by atoms with Crippen LogP contribution in [0.3, 0.4) is 0 Å². The molecule has 3 heterocycles. The van der Waals surface area contributed by atoms with E-state index in [1.54, 1.807) is 22.2 Å². The van der Waals surface area contributed by atoms with Crippen molar-refractivity contribution in [1.29, 1.82) is 0 Å². The summed E-state index contributed by atoms with van der Waals surface area (Å²) in [5.74, 6) is 1.12. The molecule has 0 bridgehead atoms. The van der Waals surface area contributed by atoms with E-state index in [0.29, 0.717) is 39.8 Å². The minimum absolute atomic E-state index is 0.118. The first-order valence-corrected chi connectivity index (χ1v) is 7.89. The van der Waals surface area contributed by atoms with E-state index < -0.39 is 0 Å². The Bertz CT molecular complexity index is 1150. The molecule has 1 aromatic carbocycles. The highest BCUT2D eigenvalue weighted by Crippen LogP contribution is 2.18. The van der Waals surface area contributed by atoms with Crippen LogP contribution in [0.4, 0.5) is 0 Å². The summed E-state index contributed by atoms with van der Waals surface area (Å²) in [4.78, 5) is 21.6. The number of hydrogen-bond acceptors (Lipinski definition) is 4. The van der Waals surface area contributed by atoms with Gasteiger partial charge in [-0.15, -0.1) is 5.10 Å². The zero-order valence-electron chi connectivity index (χ0n) is 13.2. The van der Waals surface area contributed by atoms with Crippen molar-refractivity contribution in [1.82, 2.24) is 24.1 Å². The Balaban J connectivity index is 1.95. The number of halogens is 1. The standard InChI is InChI=1S/C17H14ClN5O/c1-10-15-14(23-17(19-10)20-11(2)21-23)7-8-22(16(15)24)9-12-5-3-4-6-13(12)18/h3-8H,9H2,1-2H3. The molecular formula is C17H14ClN5O. The van der Waals surface area contributed by atoms with Crippen molar-refractivity contribution >= 4 is 28.3 Å². The quantitative estimate of drug-likeness (QED) is 0.563. The lowest BCUT2D eigenvalue weighted by atomic mass is 10.2. The van der Waals surface area contributed by atoms with Crippen LogP contribution in [-0.4, -0.2) is 24.1 Å². The molecule has 4 aromatic rings. The number of aromatic nitrogens is 5. The van der Waals surface area contributed by atoms with E-state index in [0.717, 1.165) is 5.56 Å². The van der Waals surface area contributed by atoms with Gasteiger partial charge in [-0.25, -0.2) is 4.98 Å². The molecular weight excluding hydrogens is 326 g/mol. The minimum Gasteiger partial charge on any atom is -0.310 e. The molecule has 0 saturated heterocycles. The molecule has 120 valence electrons. The van der Waals surface area contributed by atoms with Crippen LogP contribution >= 0.6 is 11.6 Å². The molecule has 0 fully saturated rings. The highest BCUT2D eigenvalue weighted by molar-refractivity contribution is 6.31. The Labute approximate surface area is 142 Å². The number of rotatable bonds is 2. The zero-order valence-corrected chi connectivity index (χ0v) is 13.9. The SMILES string of the molecule is Cc1nc2nc(C)c3c(=O)n(Cc4ccccc4Cl)ccc3n2n1. The van der Waals surface area contributed by atoms with Crippen LogP contribution in [0.2, 0.25) is 5.02 Å². The third-order valence-corrected chi connectivity index (χ3v) is 4.36. The summed E-state index contributed by atoms with van der Waals surface area (Å²) in [7, 11) is 0. The zero-order chi connectivity index (χ0) is 16.8. The van der Waals surface area contributed by atoms with Gasteiger partial charge in [0.15, 0.2) is 0 Å². The molecule has 24 heavy (non-hydrogen) atoms. The molecule has 4 rings (SSSR count). The van der Waals surface area contributed by atoms with Gasteiger partial charge in [0.2, 0.25) is 0 Å². The molecule has 0 atom stereocenters. The molecule has 0 spiro atoms. The fourth-order valence-electron chi connectivity index (χ4n) is 2.86. The molecule has 7 heteroatoms. The number of hydrogen-bond donors (Lipinski definition) is 0. The van der Waals surface area contributed by atoms with Crippen LogP contribution in [0, 0.1) is 13.8 Å². The van der Waals surface area contributed by atoms with E-state index >= 15 is 0 Å². The van der Waals surface area contributed by atoms with E-state index in [1.807, 2.05) is 37.3 Å². The van der Waals surface area contributed by atoms with Gasteiger partial charge in [-0.2, -0.15) is 9.50 Å². The summed E-state index contributed by atoms with van der Waals surface area (Å²) in [5.41, 5.74) is 2.12. The lowest BCUT2D eigenvalue weighted by Crippen LogP contribution is -2.22. The van der Waals surface area contributed by atoms with Gasteiger partial charge in [-0.1, -0.05) is 29.8 Å². The van der Waals surface area contributed by atoms with Crippen LogP contribution in [0.25, 0.3) is 16.7 Å². The van der Waals surface area contributed by atoms with E-state index in [9.17, 15) is 4.79 Å². The van der Waals surface area contributed by atoms with Crippen LogP contribution in [0.5, 0.6) is 0 Å². The Kier molecular flexibility index (Phi) is 3.35. The first-order chi connectivity index (χ1) is 11.5. The van der Waals surface area contributed by atoms with Crippen molar-refractivity contribution in [2.45, 2.75) is 20.4 Å². The minimum atomic E-state index is -0.118. The topological polar surface area (TPSA) is 65.1 Å². The Hall–Kier alpha value is -2.73. The second kappa shape index (κ2) is 5.42. The van der Waals surface area contributed by atoms with Crippen molar-refractivity contribution in [3.05, 3.63) is 69.0 Å². The Morgan fingerprint density at radius 1 is 1.12 bits per heavy atom. The van der Waals surface area contributed by atoms with Crippen molar-refractivity contribution in [3.8, 4) is 0 Å². The van der Waals surface area contributed by atoms with Crippen LogP contribution in [0.1, 0.15) is 17.1 Å². The summed E-state index contributed by atoms with van der Waals surface area (Å²) >= 11 is 6.21. The second-order valence-corrected chi connectivity index (χ2v) is 6.08. The predicted octanol–water partition coefficient (Wildman–Crippen LogP) is 2.76. The van der Waals surface area contributed by atoms with Gasteiger partial charge in [0.25, 0.3) is 11.3 Å². The summed E-state index contributed by atoms with van der Waals surface area (Å²) in [6.07, 6.45) is 1.75. The largest absolute Gasteiger partial charge is 0.310 e. The van der Waals surface area contributed by atoms with Crippen molar-refractivity contribution in [3.63, 3.8) is 0 Å². The molecule has 0 aliphatic rings. The highest BCUT2D eigenvalue weighted by atomic mass is 35.5. The van der Waals surface area contributed by atoms with E-state index in [-0.39, 0.29) is 5.56 Å². The second-order valence-electron chi connectivity index (χ2n) is 5.67. The molecule has 0 unspecified atom stereocenters. The average Bonchev–Trinajstić information content (AvgIpc) is 2.92. The van der Waals surface area contributed by atoms with Gasteiger partial charge in [0.1, 0.15) is 5.82 Å². The van der Waals surface area contributed by atoms with E-state index in [4.69, 9.17) is 11.6 Å². The number of aryl methyl sites for hydroxylation is 2. The molecule has 0 aliphatic carbocycles. The average molecular weight is 340 g/mol. The van der Waals surface area contributed by atoms with Crippen molar-refractivity contribution < 1.29 is 0 Å². The fourth-order valence-corrected chi connectivity index (χ4v) is 3.06. The molecule has 0 amide bonds. The normalized spacial score (nSPS) is 11.5. The monoisotopic (exact) mass is 339 g/mol. The maximum Gasteiger partial charge on any atom is 0.262 e. The molecule has 6 nitrogen and oxygen atoms in total. The molecule has 0 N–H and O–H groups in total. The summed E-state index contributed by atoms with van der Waals surface area (Å²) in [6, 6.07) is 9.36. The lowest BCUT2D eigenvalue weighted by molar-refractivity contribution is 0.764. The van der Waals surface area contributed by atoms with Gasteiger partial charge in [0.05, 0.1) is 23.1 Å². The molecule has 3 aromatic heterocycles. The fraction of sp³-hybridized carbons (Fsp3) is 0.176. The van der Waals surface area contributed by atoms with E-state index in [1.165, 1.54) is 0 Å². The number of benzene rings is 1. The van der Waals surface area contributed by atoms with Gasteiger partial charge in [-0.3, -0.25) is 4.79 Å². The summed E-state index contributed by atoms with van der Waals surface area (Å²) < 4.78 is 3.24. The molecule has 0 radical (unpaired) electrons. The van der Waals surface area contributed by atoms with Gasteiger partial charge < -0.3 is 4.57 Å². The first-order valence-electron chi connectivity index (χ1n) is 7.51. The van der Waals surface area contributed by atoms with E-state index in [2.05, 4.69) is 15.1 Å². The van der Waals surface area contributed by atoms with Gasteiger partial charge in [-0.05, 0) is 31.5 Å². The first kappa shape index (κ1) is 14.8. The highest BCUT2D eigenvalue weighted by Gasteiger charge is 2.13. The smallest absolute Gasteiger partial charge is 0.262 e. The molecule has 0 aliphatic heterocycles. The van der Waals surface area contributed by atoms with Crippen LogP contribution in [0.15, 0.2) is 41.3 Å². The maximum atomic E-state index is 12.9. The number of pyridine rings is 1. The maximum absolute atomic E-state index is 12.9. The third-order valence-electron chi connectivity index (χ3n) is 4.00. The summed E-state index contributed by atoms with van der Waals surface area (Å²) in [6.45, 7) is 4.02. The van der Waals surface area contributed by atoms with Gasteiger partial charge >= 0.3 is 0 Å².